The number of carbonyl (C=O) groups is 2. The Labute approximate surface area is 181 Å². The predicted molar refractivity (Wildman–Crippen MR) is 116 cm³/mol. The van der Waals surface area contributed by atoms with Crippen LogP contribution in [0.2, 0.25) is 0 Å². The summed E-state index contributed by atoms with van der Waals surface area (Å²) < 4.78 is 12.6. The number of nitrogens with one attached hydrogen (secondary N) is 2. The van der Waals surface area contributed by atoms with Crippen molar-refractivity contribution in [1.29, 1.82) is 0 Å². The molecule has 2 aromatic carbocycles. The second-order valence-corrected chi connectivity index (χ2v) is 6.89. The van der Waals surface area contributed by atoms with E-state index in [1.54, 1.807) is 29.1 Å². The van der Waals surface area contributed by atoms with Crippen molar-refractivity contribution in [2.45, 2.75) is 26.3 Å². The van der Waals surface area contributed by atoms with Crippen molar-refractivity contribution in [3.05, 3.63) is 77.6 Å². The van der Waals surface area contributed by atoms with Gasteiger partial charge in [-0.3, -0.25) is 25.1 Å². The summed E-state index contributed by atoms with van der Waals surface area (Å²) in [7, 11) is 1.51. The van der Waals surface area contributed by atoms with E-state index in [4.69, 9.17) is 9.47 Å². The van der Waals surface area contributed by atoms with Crippen molar-refractivity contribution in [1.82, 2.24) is 20.6 Å². The summed E-state index contributed by atoms with van der Waals surface area (Å²) in [6, 6.07) is 14.7. The molecule has 8 heteroatoms. The average Bonchev–Trinajstić information content (AvgIpc) is 3.26. The molecule has 3 rings (SSSR count). The summed E-state index contributed by atoms with van der Waals surface area (Å²) in [5.41, 5.74) is 6.56. The highest BCUT2D eigenvalue weighted by Crippen LogP contribution is 2.28. The van der Waals surface area contributed by atoms with E-state index in [2.05, 4.69) is 22.9 Å². The summed E-state index contributed by atoms with van der Waals surface area (Å²) in [6.45, 7) is 3.20. The van der Waals surface area contributed by atoms with Crippen LogP contribution in [0.5, 0.6) is 11.5 Å². The van der Waals surface area contributed by atoms with Crippen LogP contribution in [0.15, 0.2) is 60.9 Å². The van der Waals surface area contributed by atoms with Gasteiger partial charge in [-0.2, -0.15) is 5.10 Å². The van der Waals surface area contributed by atoms with Gasteiger partial charge in [0, 0.05) is 11.8 Å². The predicted octanol–water partition coefficient (Wildman–Crippen LogP) is 3.19. The Morgan fingerprint density at radius 3 is 2.45 bits per heavy atom. The third kappa shape index (κ3) is 6.08. The average molecular weight is 422 g/mol. The molecule has 0 unspecified atom stereocenters. The normalized spacial score (nSPS) is 10.4. The van der Waals surface area contributed by atoms with Crippen molar-refractivity contribution >= 4 is 11.8 Å². The van der Waals surface area contributed by atoms with Crippen LogP contribution in [0, 0.1) is 0 Å². The highest BCUT2D eigenvalue weighted by molar-refractivity contribution is 5.99. The molecule has 0 aliphatic rings. The molecular weight excluding hydrogens is 396 g/mol. The zero-order valence-corrected chi connectivity index (χ0v) is 17.6. The Hall–Kier alpha value is -3.81. The number of rotatable bonds is 9. The van der Waals surface area contributed by atoms with Crippen molar-refractivity contribution in [2.75, 3.05) is 13.7 Å². The van der Waals surface area contributed by atoms with Gasteiger partial charge in [0.15, 0.2) is 11.5 Å². The zero-order chi connectivity index (χ0) is 22.1. The maximum Gasteiger partial charge on any atom is 0.272 e. The number of hydrogen-bond acceptors (Lipinski definition) is 5. The maximum atomic E-state index is 12.4. The maximum absolute atomic E-state index is 12.4. The van der Waals surface area contributed by atoms with E-state index in [0.29, 0.717) is 35.8 Å². The number of nitrogens with zero attached hydrogens (tertiary/aromatic N) is 2. The van der Waals surface area contributed by atoms with Gasteiger partial charge in [-0.25, -0.2) is 0 Å². The van der Waals surface area contributed by atoms with E-state index >= 15 is 0 Å². The molecule has 0 aliphatic carbocycles. The van der Waals surface area contributed by atoms with Crippen LogP contribution in [-0.2, 0) is 6.54 Å². The second-order valence-electron chi connectivity index (χ2n) is 6.89. The lowest BCUT2D eigenvalue weighted by atomic mass is 10.2. The quantitative estimate of drug-likeness (QED) is 0.408. The van der Waals surface area contributed by atoms with Crippen LogP contribution in [0.25, 0.3) is 0 Å². The van der Waals surface area contributed by atoms with Gasteiger partial charge >= 0.3 is 0 Å². The van der Waals surface area contributed by atoms with Crippen LogP contribution >= 0.6 is 0 Å². The lowest BCUT2D eigenvalue weighted by molar-refractivity contribution is 0.0846. The van der Waals surface area contributed by atoms with Gasteiger partial charge in [0.05, 0.1) is 32.0 Å². The van der Waals surface area contributed by atoms with Crippen LogP contribution in [-0.4, -0.2) is 35.3 Å². The minimum absolute atomic E-state index is 0.333. The first-order valence-corrected chi connectivity index (χ1v) is 10.1. The van der Waals surface area contributed by atoms with Gasteiger partial charge in [0.1, 0.15) is 0 Å². The van der Waals surface area contributed by atoms with Crippen molar-refractivity contribution in [3.63, 3.8) is 0 Å². The first kappa shape index (κ1) is 21.9. The Bertz CT molecular complexity index is 1020. The first-order valence-electron chi connectivity index (χ1n) is 10.1. The first-order chi connectivity index (χ1) is 15.1. The molecule has 31 heavy (non-hydrogen) atoms. The van der Waals surface area contributed by atoms with E-state index in [1.165, 1.54) is 13.3 Å². The molecule has 0 atom stereocenters. The summed E-state index contributed by atoms with van der Waals surface area (Å²) in [5, 5.41) is 4.19. The van der Waals surface area contributed by atoms with Gasteiger partial charge in [0.25, 0.3) is 11.8 Å². The van der Waals surface area contributed by atoms with E-state index in [0.717, 1.165) is 18.4 Å². The molecule has 0 fully saturated rings. The topological polar surface area (TPSA) is 94.5 Å². The molecule has 162 valence electrons. The molecule has 0 aliphatic heterocycles. The fraction of sp³-hybridized carbons (Fsp3) is 0.261. The van der Waals surface area contributed by atoms with Crippen molar-refractivity contribution < 1.29 is 19.1 Å². The summed E-state index contributed by atoms with van der Waals surface area (Å²) in [4.78, 5) is 24.8. The van der Waals surface area contributed by atoms with Gasteiger partial charge < -0.3 is 9.47 Å². The fourth-order valence-electron chi connectivity index (χ4n) is 2.85. The van der Waals surface area contributed by atoms with Gasteiger partial charge in [-0.05, 0) is 30.2 Å². The Morgan fingerprint density at radius 1 is 1.00 bits per heavy atom. The molecule has 1 heterocycles. The third-order valence-corrected chi connectivity index (χ3v) is 4.55. The minimum atomic E-state index is -0.469. The van der Waals surface area contributed by atoms with E-state index in [-0.39, 0.29) is 0 Å². The summed E-state index contributed by atoms with van der Waals surface area (Å²) >= 11 is 0. The highest BCUT2D eigenvalue weighted by atomic mass is 16.5. The smallest absolute Gasteiger partial charge is 0.272 e. The number of benzene rings is 2. The zero-order valence-electron chi connectivity index (χ0n) is 17.6. The summed E-state index contributed by atoms with van der Waals surface area (Å²) in [6.07, 6.45) is 5.03. The SMILES string of the molecule is CCCCOc1ccc(C(=O)NNC(=O)c2cnn(Cc3ccccc3)c2)cc1OC. The van der Waals surface area contributed by atoms with Crippen LogP contribution in [0.4, 0.5) is 0 Å². The molecule has 0 spiro atoms. The molecule has 3 aromatic rings. The van der Waals surface area contributed by atoms with Crippen LogP contribution < -0.4 is 20.3 Å². The number of aromatic nitrogens is 2. The van der Waals surface area contributed by atoms with Gasteiger partial charge in [-0.15, -0.1) is 0 Å². The standard InChI is InChI=1S/C23H26N4O4/c1-3-4-12-31-20-11-10-18(13-21(20)30-2)22(28)25-26-23(29)19-14-24-27(16-19)15-17-8-6-5-7-9-17/h5-11,13-14,16H,3-4,12,15H2,1-2H3,(H,25,28)(H,26,29). The molecule has 0 saturated carbocycles. The highest BCUT2D eigenvalue weighted by Gasteiger charge is 2.14. The Kier molecular flexibility index (Phi) is 7.64. The molecule has 0 bridgehead atoms. The Balaban J connectivity index is 1.56. The molecule has 1 aromatic heterocycles. The van der Waals surface area contributed by atoms with E-state index in [9.17, 15) is 9.59 Å². The number of hydrogen-bond donors (Lipinski definition) is 2. The van der Waals surface area contributed by atoms with E-state index in [1.807, 2.05) is 30.3 Å². The molecule has 8 nitrogen and oxygen atoms in total. The largest absolute Gasteiger partial charge is 0.493 e. The molecule has 0 radical (unpaired) electrons. The lowest BCUT2D eigenvalue weighted by Gasteiger charge is -2.12. The molecular formula is C23H26N4O4. The summed E-state index contributed by atoms with van der Waals surface area (Å²) in [5.74, 6) is 0.0993. The lowest BCUT2D eigenvalue weighted by Crippen LogP contribution is -2.41. The minimum Gasteiger partial charge on any atom is -0.493 e. The van der Waals surface area contributed by atoms with Crippen molar-refractivity contribution in [3.8, 4) is 11.5 Å². The van der Waals surface area contributed by atoms with Gasteiger partial charge in [-0.1, -0.05) is 43.7 Å². The molecule has 2 amide bonds. The van der Waals surface area contributed by atoms with Gasteiger partial charge in [0.2, 0.25) is 0 Å². The molecule has 0 saturated heterocycles. The van der Waals surface area contributed by atoms with E-state index < -0.39 is 11.8 Å². The fourth-order valence-corrected chi connectivity index (χ4v) is 2.85. The number of carbonyl (C=O) groups excluding carboxylic acids is 2. The number of amides is 2. The van der Waals surface area contributed by atoms with Crippen molar-refractivity contribution in [2.24, 2.45) is 0 Å². The monoisotopic (exact) mass is 422 g/mol. The Morgan fingerprint density at radius 2 is 1.74 bits per heavy atom. The van der Waals surface area contributed by atoms with Crippen LogP contribution in [0.1, 0.15) is 46.0 Å². The third-order valence-electron chi connectivity index (χ3n) is 4.55. The number of methoxy groups -OCH3 is 1. The number of ether oxygens (including phenoxy) is 2. The second kappa shape index (κ2) is 10.8. The van der Waals surface area contributed by atoms with Crippen LogP contribution in [0.3, 0.4) is 0 Å². The number of unbranched alkanes of at least 4 members (excludes halogenated alkanes) is 1. The number of hydrazine groups is 1. The molecule has 2 N–H and O–H groups in total.